The minimum atomic E-state index is -0.488. The third kappa shape index (κ3) is 6.31. The topological polar surface area (TPSA) is 57.5 Å². The van der Waals surface area contributed by atoms with Crippen molar-refractivity contribution >= 4 is 0 Å². The number of nitrogens with one attached hydrogen (secondary N) is 1. The van der Waals surface area contributed by atoms with Crippen LogP contribution in [0.1, 0.15) is 20.3 Å². The van der Waals surface area contributed by atoms with Gasteiger partial charge in [-0.2, -0.15) is 5.26 Å². The van der Waals surface area contributed by atoms with Crippen molar-refractivity contribution in [1.82, 2.24) is 10.2 Å². The Hall–Kier alpha value is -0.670. The normalized spacial score (nSPS) is 16.3. The summed E-state index contributed by atoms with van der Waals surface area (Å²) in [5, 5.41) is 12.3. The largest absolute Gasteiger partial charge is 0.383 e. The van der Waals surface area contributed by atoms with Crippen LogP contribution in [-0.2, 0) is 9.47 Å². The second-order valence-electron chi connectivity index (χ2n) is 4.77. The van der Waals surface area contributed by atoms with E-state index in [2.05, 4.69) is 23.2 Å². The van der Waals surface area contributed by atoms with Gasteiger partial charge in [0.2, 0.25) is 0 Å². The molecule has 0 aromatic carbocycles. The maximum Gasteiger partial charge on any atom is 0.105 e. The molecule has 5 heteroatoms. The fourth-order valence-electron chi connectivity index (χ4n) is 1.89. The zero-order chi connectivity index (χ0) is 14.0. The van der Waals surface area contributed by atoms with Gasteiger partial charge in [0.15, 0.2) is 0 Å². The molecule has 0 aliphatic heterocycles. The van der Waals surface area contributed by atoms with Crippen LogP contribution in [0.15, 0.2) is 0 Å². The SMILES string of the molecule is CNC(C)(C#N)CC(C)N(CCOC)CCOC. The van der Waals surface area contributed by atoms with E-state index in [1.54, 1.807) is 14.2 Å². The maximum atomic E-state index is 9.19. The highest BCUT2D eigenvalue weighted by Crippen LogP contribution is 2.15. The predicted octanol–water partition coefficient (Wildman–Crippen LogP) is 0.861. The van der Waals surface area contributed by atoms with Crippen LogP contribution in [0, 0.1) is 11.3 Å². The van der Waals surface area contributed by atoms with Gasteiger partial charge >= 0.3 is 0 Å². The summed E-state index contributed by atoms with van der Waals surface area (Å²) in [6.45, 7) is 7.15. The van der Waals surface area contributed by atoms with Gasteiger partial charge in [-0.3, -0.25) is 4.90 Å². The number of hydrogen-bond donors (Lipinski definition) is 1. The Morgan fingerprint density at radius 2 is 1.78 bits per heavy atom. The molecule has 0 aliphatic rings. The van der Waals surface area contributed by atoms with E-state index in [4.69, 9.17) is 9.47 Å². The molecule has 0 radical (unpaired) electrons. The van der Waals surface area contributed by atoms with Gasteiger partial charge in [-0.15, -0.1) is 0 Å². The van der Waals surface area contributed by atoms with Crippen molar-refractivity contribution in [3.05, 3.63) is 0 Å². The third-order valence-electron chi connectivity index (χ3n) is 3.29. The molecule has 5 nitrogen and oxygen atoms in total. The van der Waals surface area contributed by atoms with Crippen molar-refractivity contribution < 1.29 is 9.47 Å². The van der Waals surface area contributed by atoms with Crippen molar-refractivity contribution in [3.8, 4) is 6.07 Å². The molecule has 0 amide bonds. The van der Waals surface area contributed by atoms with Crippen LogP contribution in [0.3, 0.4) is 0 Å². The minimum Gasteiger partial charge on any atom is -0.383 e. The van der Waals surface area contributed by atoms with E-state index >= 15 is 0 Å². The van der Waals surface area contributed by atoms with Gasteiger partial charge in [0, 0.05) is 33.4 Å². The molecule has 0 heterocycles. The van der Waals surface area contributed by atoms with Crippen LogP contribution in [0.4, 0.5) is 0 Å². The van der Waals surface area contributed by atoms with Crippen LogP contribution >= 0.6 is 0 Å². The lowest BCUT2D eigenvalue weighted by Gasteiger charge is -2.33. The number of nitrogens with zero attached hydrogens (tertiary/aromatic N) is 2. The number of methoxy groups -OCH3 is 2. The van der Waals surface area contributed by atoms with Crippen LogP contribution in [0.2, 0.25) is 0 Å². The molecule has 0 rings (SSSR count). The lowest BCUT2D eigenvalue weighted by Crippen LogP contribution is -2.47. The Bertz CT molecular complexity index is 247. The Kier molecular flexibility index (Phi) is 8.94. The van der Waals surface area contributed by atoms with Crippen molar-refractivity contribution in [2.24, 2.45) is 0 Å². The first-order chi connectivity index (χ1) is 8.52. The third-order valence-corrected chi connectivity index (χ3v) is 3.29. The highest BCUT2D eigenvalue weighted by atomic mass is 16.5. The van der Waals surface area contributed by atoms with E-state index in [0.717, 1.165) is 19.5 Å². The summed E-state index contributed by atoms with van der Waals surface area (Å²) >= 11 is 0. The van der Waals surface area contributed by atoms with Gasteiger partial charge in [0.05, 0.1) is 19.3 Å². The molecule has 0 aromatic heterocycles. The average Bonchev–Trinajstić information content (AvgIpc) is 2.38. The molecule has 0 bridgehead atoms. The molecule has 0 aromatic rings. The summed E-state index contributed by atoms with van der Waals surface area (Å²) < 4.78 is 10.2. The lowest BCUT2D eigenvalue weighted by atomic mass is 9.94. The first-order valence-corrected chi connectivity index (χ1v) is 6.35. The van der Waals surface area contributed by atoms with Crippen LogP contribution < -0.4 is 5.32 Å². The summed E-state index contributed by atoms with van der Waals surface area (Å²) in [5.41, 5.74) is -0.488. The number of ether oxygens (including phenoxy) is 2. The minimum absolute atomic E-state index is 0.299. The summed E-state index contributed by atoms with van der Waals surface area (Å²) in [4.78, 5) is 2.29. The first-order valence-electron chi connectivity index (χ1n) is 6.35. The standard InChI is InChI=1S/C13H27N3O2/c1-12(10-13(2,11-14)15-3)16(6-8-17-4)7-9-18-5/h12,15H,6-10H2,1-5H3. The summed E-state index contributed by atoms with van der Waals surface area (Å²) in [5.74, 6) is 0. The van der Waals surface area contributed by atoms with Crippen molar-refractivity contribution in [2.45, 2.75) is 31.8 Å². The molecule has 1 N–H and O–H groups in total. The monoisotopic (exact) mass is 257 g/mol. The quantitative estimate of drug-likeness (QED) is 0.629. The molecule has 0 saturated heterocycles. The van der Waals surface area contributed by atoms with Gasteiger partial charge in [-0.05, 0) is 27.3 Å². The van der Waals surface area contributed by atoms with Crippen molar-refractivity contribution in [2.75, 3.05) is 47.6 Å². The Labute approximate surface area is 111 Å². The predicted molar refractivity (Wildman–Crippen MR) is 72.5 cm³/mol. The second kappa shape index (κ2) is 9.29. The first kappa shape index (κ1) is 17.3. The van der Waals surface area contributed by atoms with Crippen LogP contribution in [0.25, 0.3) is 0 Å². The highest BCUT2D eigenvalue weighted by molar-refractivity contribution is 5.04. The molecule has 0 aliphatic carbocycles. The fourth-order valence-corrected chi connectivity index (χ4v) is 1.89. The van der Waals surface area contributed by atoms with Crippen LogP contribution in [-0.4, -0.2) is 64.1 Å². The zero-order valence-corrected chi connectivity index (χ0v) is 12.3. The maximum absolute atomic E-state index is 9.19. The van der Waals surface area contributed by atoms with Crippen molar-refractivity contribution in [3.63, 3.8) is 0 Å². The molecule has 2 atom stereocenters. The van der Waals surface area contributed by atoms with Gasteiger partial charge < -0.3 is 14.8 Å². The van der Waals surface area contributed by atoms with E-state index in [1.807, 2.05) is 14.0 Å². The number of hydrogen-bond acceptors (Lipinski definition) is 5. The average molecular weight is 257 g/mol. The van der Waals surface area contributed by atoms with Gasteiger partial charge in [0.25, 0.3) is 0 Å². The Morgan fingerprint density at radius 3 is 2.11 bits per heavy atom. The van der Waals surface area contributed by atoms with Gasteiger partial charge in [0.1, 0.15) is 5.54 Å². The second-order valence-corrected chi connectivity index (χ2v) is 4.77. The van der Waals surface area contributed by atoms with E-state index in [-0.39, 0.29) is 0 Å². The van der Waals surface area contributed by atoms with E-state index < -0.39 is 5.54 Å². The smallest absolute Gasteiger partial charge is 0.105 e. The molecular weight excluding hydrogens is 230 g/mol. The molecule has 0 saturated carbocycles. The molecule has 106 valence electrons. The summed E-state index contributed by atoms with van der Waals surface area (Å²) in [6.07, 6.45) is 0.771. The van der Waals surface area contributed by atoms with Gasteiger partial charge in [-0.1, -0.05) is 0 Å². The van der Waals surface area contributed by atoms with E-state index in [9.17, 15) is 5.26 Å². The summed E-state index contributed by atoms with van der Waals surface area (Å²) in [7, 11) is 5.23. The fraction of sp³-hybridized carbons (Fsp3) is 0.923. The Morgan fingerprint density at radius 1 is 1.28 bits per heavy atom. The van der Waals surface area contributed by atoms with E-state index in [1.165, 1.54) is 0 Å². The number of rotatable bonds is 10. The Balaban J connectivity index is 4.43. The van der Waals surface area contributed by atoms with Crippen LogP contribution in [0.5, 0.6) is 0 Å². The molecule has 2 unspecified atom stereocenters. The van der Waals surface area contributed by atoms with Crippen molar-refractivity contribution in [1.29, 1.82) is 5.26 Å². The molecule has 0 spiro atoms. The zero-order valence-electron chi connectivity index (χ0n) is 12.3. The van der Waals surface area contributed by atoms with Gasteiger partial charge in [-0.25, -0.2) is 0 Å². The highest BCUT2D eigenvalue weighted by Gasteiger charge is 2.26. The molecule has 0 fully saturated rings. The van der Waals surface area contributed by atoms with E-state index in [0.29, 0.717) is 19.3 Å². The molecule has 18 heavy (non-hydrogen) atoms. The number of nitriles is 1. The molecular formula is C13H27N3O2. The lowest BCUT2D eigenvalue weighted by molar-refractivity contribution is 0.0837. The summed E-state index contributed by atoms with van der Waals surface area (Å²) in [6, 6.07) is 2.62.